The highest BCUT2D eigenvalue weighted by molar-refractivity contribution is 5.94. The van der Waals surface area contributed by atoms with Crippen molar-refractivity contribution in [3.05, 3.63) is 121 Å². The third-order valence-electron chi connectivity index (χ3n) is 12.6. The number of benzene rings is 3. The SMILES string of the molecule is CC[C@@]1(O)C(=O)OCc2c1cc1n(c2=O)Cc2c-1nc1cc(F)c(C)c3c1c2[C@@H](NC(=O)[C@@H](CCCNC(N)=O)NC(=O)OCC1c2ccccc2-c2ccccc21)CC3. The Morgan fingerprint density at radius 3 is 2.48 bits per heavy atom. The predicted molar refractivity (Wildman–Crippen MR) is 217 cm³/mol. The molecule has 9 rings (SSSR count). The van der Waals surface area contributed by atoms with Gasteiger partial charge >= 0.3 is 18.1 Å². The number of hydrogen-bond donors (Lipinski definition) is 5. The van der Waals surface area contributed by atoms with E-state index in [1.807, 2.05) is 48.5 Å². The number of aryl methyl sites for hydroxylation is 1. The second-order valence-electron chi connectivity index (χ2n) is 15.9. The molecule has 0 radical (unpaired) electrons. The second kappa shape index (κ2) is 14.9. The molecular weight excluding hydrogens is 772 g/mol. The first kappa shape index (κ1) is 38.9. The summed E-state index contributed by atoms with van der Waals surface area (Å²) in [6, 6.07) is 16.4. The number of nitrogens with two attached hydrogens (primary N) is 1. The first-order valence-corrected chi connectivity index (χ1v) is 20.2. The van der Waals surface area contributed by atoms with E-state index in [9.17, 15) is 29.1 Å². The van der Waals surface area contributed by atoms with E-state index in [1.54, 1.807) is 19.9 Å². The van der Waals surface area contributed by atoms with Crippen LogP contribution >= 0.6 is 0 Å². The van der Waals surface area contributed by atoms with Crippen molar-refractivity contribution in [2.75, 3.05) is 13.2 Å². The van der Waals surface area contributed by atoms with E-state index in [0.717, 1.165) is 27.8 Å². The number of carbonyl (C=O) groups excluding carboxylic acids is 4. The maximum atomic E-state index is 15.5. The van der Waals surface area contributed by atoms with Crippen LogP contribution in [0.3, 0.4) is 0 Å². The van der Waals surface area contributed by atoms with Gasteiger partial charge in [-0.3, -0.25) is 9.59 Å². The Bertz CT molecular complexity index is 2690. The summed E-state index contributed by atoms with van der Waals surface area (Å²) in [5.74, 6) is -2.01. The van der Waals surface area contributed by atoms with Crippen molar-refractivity contribution < 1.29 is 38.1 Å². The molecule has 2 aliphatic carbocycles. The van der Waals surface area contributed by atoms with Crippen molar-refractivity contribution in [3.8, 4) is 22.5 Å². The number of amides is 4. The van der Waals surface area contributed by atoms with Gasteiger partial charge in [0.2, 0.25) is 5.91 Å². The molecule has 60 heavy (non-hydrogen) atoms. The van der Waals surface area contributed by atoms with Crippen molar-refractivity contribution in [3.63, 3.8) is 0 Å². The number of nitrogens with zero attached hydrogens (tertiary/aromatic N) is 2. The number of aliphatic hydroxyl groups is 1. The van der Waals surface area contributed by atoms with Crippen LogP contribution in [-0.4, -0.2) is 57.9 Å². The van der Waals surface area contributed by atoms with Gasteiger partial charge in [-0.1, -0.05) is 55.5 Å². The van der Waals surface area contributed by atoms with Crippen LogP contribution in [0, 0.1) is 12.7 Å². The lowest BCUT2D eigenvalue weighted by Crippen LogP contribution is -2.48. The molecule has 0 unspecified atom stereocenters. The average Bonchev–Trinajstić information content (AvgIpc) is 3.77. The highest BCUT2D eigenvalue weighted by Crippen LogP contribution is 2.47. The Labute approximate surface area is 343 Å². The van der Waals surface area contributed by atoms with E-state index in [-0.39, 0.29) is 56.2 Å². The summed E-state index contributed by atoms with van der Waals surface area (Å²) >= 11 is 0. The maximum absolute atomic E-state index is 15.5. The van der Waals surface area contributed by atoms with E-state index in [1.165, 1.54) is 10.6 Å². The summed E-state index contributed by atoms with van der Waals surface area (Å²) < 4.78 is 28.0. The molecule has 0 spiro atoms. The first-order chi connectivity index (χ1) is 28.9. The van der Waals surface area contributed by atoms with Crippen LogP contribution in [0.2, 0.25) is 0 Å². The Hall–Kier alpha value is -6.61. The molecule has 0 saturated carbocycles. The third-order valence-corrected chi connectivity index (χ3v) is 12.6. The predicted octanol–water partition coefficient (Wildman–Crippen LogP) is 4.99. The zero-order valence-electron chi connectivity index (χ0n) is 33.0. The molecule has 3 atom stereocenters. The molecule has 14 nitrogen and oxygen atoms in total. The summed E-state index contributed by atoms with van der Waals surface area (Å²) in [5, 5.41) is 20.5. The van der Waals surface area contributed by atoms with Gasteiger partial charge in [0.15, 0.2) is 5.60 Å². The van der Waals surface area contributed by atoms with E-state index < -0.39 is 53.1 Å². The van der Waals surface area contributed by atoms with Gasteiger partial charge in [0.05, 0.1) is 35.1 Å². The lowest BCUT2D eigenvalue weighted by molar-refractivity contribution is -0.172. The zero-order chi connectivity index (χ0) is 42.0. The van der Waals surface area contributed by atoms with Crippen molar-refractivity contribution in [2.24, 2.45) is 5.73 Å². The summed E-state index contributed by atoms with van der Waals surface area (Å²) in [5.41, 5.74) is 10.9. The van der Waals surface area contributed by atoms with Crippen LogP contribution in [0.1, 0.15) is 89.1 Å². The van der Waals surface area contributed by atoms with Crippen LogP contribution in [-0.2, 0) is 44.2 Å². The number of nitrogens with one attached hydrogen (secondary N) is 3. The number of aromatic nitrogens is 2. The lowest BCUT2D eigenvalue weighted by Gasteiger charge is -2.31. The number of primary amides is 1. The van der Waals surface area contributed by atoms with Crippen molar-refractivity contribution in [2.45, 2.75) is 82.7 Å². The molecule has 4 heterocycles. The molecular formula is C45H43FN6O8. The van der Waals surface area contributed by atoms with E-state index >= 15 is 4.39 Å². The molecule has 0 saturated heterocycles. The smallest absolute Gasteiger partial charge is 0.407 e. The third kappa shape index (κ3) is 6.26. The number of urea groups is 1. The Balaban J connectivity index is 1.03. The van der Waals surface area contributed by atoms with Crippen LogP contribution in [0.5, 0.6) is 0 Å². The van der Waals surface area contributed by atoms with E-state index in [0.29, 0.717) is 58.2 Å². The van der Waals surface area contributed by atoms with Crippen LogP contribution < -0.4 is 27.2 Å². The molecule has 4 amide bonds. The number of hydrogen-bond acceptors (Lipinski definition) is 9. The highest BCUT2D eigenvalue weighted by Gasteiger charge is 2.46. The number of ether oxygens (including phenoxy) is 2. The number of carbonyl (C=O) groups is 4. The van der Waals surface area contributed by atoms with Gasteiger partial charge in [0.25, 0.3) is 5.56 Å². The minimum absolute atomic E-state index is 0.0310. The number of pyridine rings is 2. The quantitative estimate of drug-likeness (QED) is 0.0933. The standard InChI is InChI=1S/C45H43FN6O8/c1-3-45(58)31-17-36-39-28(19-52(36)41(54)30(31)21-59-42(45)55)38-33(15-14-23-22(2)32(46)18-35(49-39)37(23)38)50-40(53)34(13-8-16-48-43(47)56)51-44(57)60-20-29-26-11-6-4-9-24(26)25-10-5-7-12-27(25)29/h4-7,9-12,17-18,29,33-34,58H,3,8,13-16,19-21H2,1-2H3,(H,50,53)(H,51,57)(H3,47,48,56)/t33-,34+,45-/m0/s1. The molecule has 2 aromatic heterocycles. The molecule has 5 aromatic rings. The van der Waals surface area contributed by atoms with Gasteiger partial charge in [-0.2, -0.15) is 0 Å². The number of alkyl carbamates (subject to hydrolysis) is 1. The highest BCUT2D eigenvalue weighted by atomic mass is 19.1. The summed E-state index contributed by atoms with van der Waals surface area (Å²) in [4.78, 5) is 71.1. The van der Waals surface area contributed by atoms with Crippen LogP contribution in [0.15, 0.2) is 65.5 Å². The summed E-state index contributed by atoms with van der Waals surface area (Å²) in [6.45, 7) is 3.28. The molecule has 6 N–H and O–H groups in total. The molecule has 308 valence electrons. The fourth-order valence-corrected chi connectivity index (χ4v) is 9.54. The van der Waals surface area contributed by atoms with Crippen molar-refractivity contribution >= 4 is 34.9 Å². The van der Waals surface area contributed by atoms with Crippen LogP contribution in [0.4, 0.5) is 14.0 Å². The number of fused-ring (bicyclic) bond motifs is 8. The molecule has 15 heteroatoms. The summed E-state index contributed by atoms with van der Waals surface area (Å²) in [6.07, 6.45) is 0.383. The second-order valence-corrected chi connectivity index (χ2v) is 15.9. The summed E-state index contributed by atoms with van der Waals surface area (Å²) in [7, 11) is 0. The minimum Gasteiger partial charge on any atom is -0.458 e. The molecule has 3 aromatic carbocycles. The molecule has 0 fully saturated rings. The number of rotatable bonds is 10. The Morgan fingerprint density at radius 1 is 1.07 bits per heavy atom. The van der Waals surface area contributed by atoms with Crippen molar-refractivity contribution in [1.29, 1.82) is 0 Å². The van der Waals surface area contributed by atoms with E-state index in [2.05, 4.69) is 16.0 Å². The molecule has 0 bridgehead atoms. The van der Waals surface area contributed by atoms with Gasteiger partial charge in [-0.15, -0.1) is 0 Å². The maximum Gasteiger partial charge on any atom is 0.407 e. The van der Waals surface area contributed by atoms with Gasteiger partial charge in [0.1, 0.15) is 25.1 Å². The zero-order valence-corrected chi connectivity index (χ0v) is 33.0. The largest absolute Gasteiger partial charge is 0.458 e. The Kier molecular flexibility index (Phi) is 9.65. The molecule has 2 aliphatic heterocycles. The van der Waals surface area contributed by atoms with E-state index in [4.69, 9.17) is 20.2 Å². The Morgan fingerprint density at radius 2 is 1.78 bits per heavy atom. The van der Waals surface area contributed by atoms with Crippen molar-refractivity contribution in [1.82, 2.24) is 25.5 Å². The van der Waals surface area contributed by atoms with Gasteiger partial charge in [-0.25, -0.2) is 23.8 Å². The monoisotopic (exact) mass is 814 g/mol. The number of esters is 1. The number of cyclic esters (lactones) is 1. The first-order valence-electron chi connectivity index (χ1n) is 20.2. The van der Waals surface area contributed by atoms with Gasteiger partial charge in [0, 0.05) is 35.0 Å². The topological polar surface area (TPSA) is 204 Å². The lowest BCUT2D eigenvalue weighted by atomic mass is 9.81. The van der Waals surface area contributed by atoms with Crippen LogP contribution in [0.25, 0.3) is 33.4 Å². The normalized spacial score (nSPS) is 18.7. The number of halogens is 1. The molecule has 4 aliphatic rings. The van der Waals surface area contributed by atoms with Gasteiger partial charge in [-0.05, 0) is 84.0 Å². The fourth-order valence-electron chi connectivity index (χ4n) is 9.54. The minimum atomic E-state index is -2.04. The fraction of sp³-hybridized carbons (Fsp3) is 0.333. The van der Waals surface area contributed by atoms with Gasteiger partial charge < -0.3 is 40.8 Å². The average molecular weight is 815 g/mol.